The Labute approximate surface area is 228 Å². The Morgan fingerprint density at radius 1 is 1.05 bits per heavy atom. The summed E-state index contributed by atoms with van der Waals surface area (Å²) in [5, 5.41) is 3.50. The summed E-state index contributed by atoms with van der Waals surface area (Å²) in [7, 11) is 3.15. The lowest BCUT2D eigenvalue weighted by Gasteiger charge is -2.25. The molecule has 0 unspecified atom stereocenters. The number of hydrogen-bond acceptors (Lipinski definition) is 6. The smallest absolute Gasteiger partial charge is 0.271 e. The number of benzene rings is 3. The number of halogens is 1. The second kappa shape index (κ2) is 10.7. The van der Waals surface area contributed by atoms with Crippen molar-refractivity contribution >= 4 is 40.6 Å². The zero-order valence-electron chi connectivity index (χ0n) is 20.9. The van der Waals surface area contributed by atoms with Gasteiger partial charge >= 0.3 is 0 Å². The third-order valence-corrected chi connectivity index (χ3v) is 7.45. The normalized spacial score (nSPS) is 15.1. The van der Waals surface area contributed by atoms with Crippen LogP contribution in [0.25, 0.3) is 6.08 Å². The van der Waals surface area contributed by atoms with Crippen molar-refractivity contribution in [2.24, 2.45) is 4.99 Å². The van der Waals surface area contributed by atoms with Gasteiger partial charge in [0.15, 0.2) is 4.80 Å². The first-order valence-electron chi connectivity index (χ1n) is 11.8. The molecule has 9 heteroatoms. The number of ether oxygens (including phenoxy) is 2. The van der Waals surface area contributed by atoms with Gasteiger partial charge in [0.05, 0.1) is 36.1 Å². The van der Waals surface area contributed by atoms with E-state index in [9.17, 15) is 9.59 Å². The molecular formula is C29H24ClN3O4S. The molecule has 5 rings (SSSR count). The van der Waals surface area contributed by atoms with E-state index in [0.717, 1.165) is 11.1 Å². The minimum absolute atomic E-state index is 0.260. The van der Waals surface area contributed by atoms with Gasteiger partial charge in [-0.25, -0.2) is 4.99 Å². The molecule has 0 aliphatic carbocycles. The predicted molar refractivity (Wildman–Crippen MR) is 150 cm³/mol. The summed E-state index contributed by atoms with van der Waals surface area (Å²) in [6.45, 7) is 1.78. The van der Waals surface area contributed by atoms with Crippen LogP contribution < -0.4 is 29.7 Å². The first-order valence-corrected chi connectivity index (χ1v) is 13.0. The molecule has 1 aliphatic heterocycles. The maximum atomic E-state index is 13.9. The van der Waals surface area contributed by atoms with Crippen LogP contribution in [0.2, 0.25) is 5.02 Å². The van der Waals surface area contributed by atoms with Crippen molar-refractivity contribution in [3.63, 3.8) is 0 Å². The number of fused-ring (bicyclic) bond motifs is 1. The number of amides is 1. The molecule has 3 aromatic carbocycles. The van der Waals surface area contributed by atoms with E-state index in [1.807, 2.05) is 48.5 Å². The number of nitrogens with zero attached hydrogens (tertiary/aromatic N) is 2. The Morgan fingerprint density at radius 3 is 2.47 bits per heavy atom. The van der Waals surface area contributed by atoms with Crippen LogP contribution in [-0.4, -0.2) is 24.7 Å². The quantitative estimate of drug-likeness (QED) is 0.385. The number of allylic oxidation sites excluding steroid dienone is 1. The minimum Gasteiger partial charge on any atom is -0.497 e. The lowest BCUT2D eigenvalue weighted by molar-refractivity contribution is -0.113. The Kier molecular flexibility index (Phi) is 7.18. The maximum Gasteiger partial charge on any atom is 0.271 e. The van der Waals surface area contributed by atoms with Crippen molar-refractivity contribution in [2.75, 3.05) is 19.5 Å². The molecule has 192 valence electrons. The molecular weight excluding hydrogens is 522 g/mol. The van der Waals surface area contributed by atoms with Crippen LogP contribution in [0.15, 0.2) is 93.9 Å². The van der Waals surface area contributed by atoms with Crippen LogP contribution in [0.3, 0.4) is 0 Å². The van der Waals surface area contributed by atoms with E-state index in [1.165, 1.54) is 11.3 Å². The first kappa shape index (κ1) is 25.5. The molecule has 7 nitrogen and oxygen atoms in total. The van der Waals surface area contributed by atoms with Gasteiger partial charge in [0.2, 0.25) is 0 Å². The van der Waals surface area contributed by atoms with Gasteiger partial charge in [0.25, 0.3) is 11.5 Å². The molecule has 0 bridgehead atoms. The van der Waals surface area contributed by atoms with Crippen LogP contribution in [0.4, 0.5) is 5.69 Å². The number of anilines is 1. The van der Waals surface area contributed by atoms with Crippen molar-refractivity contribution < 1.29 is 14.3 Å². The number of thiazole rings is 1. The molecule has 1 amide bonds. The molecule has 0 saturated heterocycles. The van der Waals surface area contributed by atoms with Crippen molar-refractivity contribution in [1.29, 1.82) is 0 Å². The first-order chi connectivity index (χ1) is 18.4. The Balaban J connectivity index is 1.67. The largest absolute Gasteiger partial charge is 0.497 e. The number of nitrogens with one attached hydrogen (secondary N) is 1. The minimum atomic E-state index is -0.688. The van der Waals surface area contributed by atoms with Crippen molar-refractivity contribution in [2.45, 2.75) is 13.0 Å². The molecule has 2 heterocycles. The van der Waals surface area contributed by atoms with Crippen molar-refractivity contribution in [3.8, 4) is 11.5 Å². The second-order valence-corrected chi connectivity index (χ2v) is 10.0. The highest BCUT2D eigenvalue weighted by Crippen LogP contribution is 2.31. The Bertz CT molecular complexity index is 1720. The topological polar surface area (TPSA) is 81.9 Å². The number of carbonyl (C=O) groups excluding carboxylic acids is 1. The van der Waals surface area contributed by atoms with E-state index in [-0.39, 0.29) is 11.5 Å². The highest BCUT2D eigenvalue weighted by Gasteiger charge is 2.32. The molecule has 0 radical (unpaired) electrons. The highest BCUT2D eigenvalue weighted by atomic mass is 35.5. The van der Waals surface area contributed by atoms with Crippen LogP contribution in [0, 0.1) is 0 Å². The van der Waals surface area contributed by atoms with E-state index in [1.54, 1.807) is 56.1 Å². The zero-order valence-corrected chi connectivity index (χ0v) is 22.5. The fraction of sp³-hybridized carbons (Fsp3) is 0.138. The average molecular weight is 546 g/mol. The predicted octanol–water partition coefficient (Wildman–Crippen LogP) is 4.54. The van der Waals surface area contributed by atoms with Crippen LogP contribution >= 0.6 is 22.9 Å². The summed E-state index contributed by atoms with van der Waals surface area (Å²) in [6.07, 6.45) is 1.77. The second-order valence-electron chi connectivity index (χ2n) is 8.56. The van der Waals surface area contributed by atoms with Gasteiger partial charge in [-0.15, -0.1) is 0 Å². The van der Waals surface area contributed by atoms with Gasteiger partial charge in [0, 0.05) is 22.3 Å². The molecule has 0 spiro atoms. The summed E-state index contributed by atoms with van der Waals surface area (Å²) in [4.78, 5) is 32.6. The van der Waals surface area contributed by atoms with Gasteiger partial charge in [-0.1, -0.05) is 53.3 Å². The number of para-hydroxylation sites is 1. The van der Waals surface area contributed by atoms with E-state index in [2.05, 4.69) is 10.3 Å². The van der Waals surface area contributed by atoms with Crippen LogP contribution in [0.1, 0.15) is 24.1 Å². The van der Waals surface area contributed by atoms with Crippen molar-refractivity contribution in [3.05, 3.63) is 120 Å². The number of carbonyl (C=O) groups is 1. The third-order valence-electron chi connectivity index (χ3n) is 6.21. The summed E-state index contributed by atoms with van der Waals surface area (Å²) >= 11 is 7.42. The van der Waals surface area contributed by atoms with E-state index in [0.29, 0.717) is 42.8 Å². The standard InChI is InChI=1S/C29H24ClN3O4S/c1-17-25(27(34)32-21-7-5-4-6-8-21)26(18-9-12-20(30)13-10-18)33-28(35)24(38-29(33)31-17)15-19-11-14-22(36-2)16-23(19)37-3/h4-16,26H,1-3H3,(H,32,34)/b24-15-/t26-/m1/s1. The molecule has 1 atom stereocenters. The molecule has 1 aromatic heterocycles. The maximum absolute atomic E-state index is 13.9. The molecule has 0 saturated carbocycles. The van der Waals surface area contributed by atoms with E-state index < -0.39 is 6.04 Å². The summed E-state index contributed by atoms with van der Waals surface area (Å²) in [5.41, 5.74) is 2.78. The molecule has 0 fully saturated rings. The molecule has 1 aliphatic rings. The van der Waals surface area contributed by atoms with Crippen LogP contribution in [0.5, 0.6) is 11.5 Å². The van der Waals surface area contributed by atoms with E-state index >= 15 is 0 Å². The fourth-order valence-electron chi connectivity index (χ4n) is 4.37. The summed E-state index contributed by atoms with van der Waals surface area (Å²) in [6, 6.07) is 21.0. The van der Waals surface area contributed by atoms with E-state index in [4.69, 9.17) is 21.1 Å². The fourth-order valence-corrected chi connectivity index (χ4v) is 5.53. The van der Waals surface area contributed by atoms with Crippen molar-refractivity contribution in [1.82, 2.24) is 4.57 Å². The summed E-state index contributed by atoms with van der Waals surface area (Å²) < 4.78 is 12.8. The highest BCUT2D eigenvalue weighted by molar-refractivity contribution is 7.07. The number of hydrogen-bond donors (Lipinski definition) is 1. The lowest BCUT2D eigenvalue weighted by Crippen LogP contribution is -2.40. The zero-order chi connectivity index (χ0) is 26.8. The molecule has 38 heavy (non-hydrogen) atoms. The van der Waals surface area contributed by atoms with Gasteiger partial charge in [-0.05, 0) is 55.0 Å². The SMILES string of the molecule is COc1ccc(/C=c2\sc3n(c2=O)[C@H](c2ccc(Cl)cc2)C(C(=O)Nc2ccccc2)=C(C)N=3)c(OC)c1. The molecule has 4 aromatic rings. The van der Waals surface area contributed by atoms with Gasteiger partial charge < -0.3 is 14.8 Å². The Hall–Kier alpha value is -4.14. The Morgan fingerprint density at radius 2 is 1.79 bits per heavy atom. The summed E-state index contributed by atoms with van der Waals surface area (Å²) in [5.74, 6) is 0.889. The monoisotopic (exact) mass is 545 g/mol. The van der Waals surface area contributed by atoms with Gasteiger partial charge in [-0.2, -0.15) is 0 Å². The van der Waals surface area contributed by atoms with Gasteiger partial charge in [-0.3, -0.25) is 14.2 Å². The van der Waals surface area contributed by atoms with Gasteiger partial charge in [0.1, 0.15) is 11.5 Å². The average Bonchev–Trinajstić information content (AvgIpc) is 3.23. The lowest BCUT2D eigenvalue weighted by atomic mass is 9.95. The number of rotatable bonds is 6. The third kappa shape index (κ3) is 4.88. The molecule has 1 N–H and O–H groups in total. The number of aromatic nitrogens is 1. The van der Waals surface area contributed by atoms with Crippen LogP contribution in [-0.2, 0) is 4.79 Å². The number of methoxy groups -OCH3 is 2.